The van der Waals surface area contributed by atoms with E-state index in [9.17, 15) is 9.59 Å². The van der Waals surface area contributed by atoms with E-state index in [1.807, 2.05) is 30.3 Å². The fraction of sp³-hybridized carbons (Fsp3) is 0.333. The Hall–Kier alpha value is -1.84. The van der Waals surface area contributed by atoms with Gasteiger partial charge in [0.25, 0.3) is 5.91 Å². The Morgan fingerprint density at radius 3 is 2.44 bits per heavy atom. The van der Waals surface area contributed by atoms with Gasteiger partial charge >= 0.3 is 6.09 Å². The first kappa shape index (κ1) is 9.39. The molecule has 0 aromatic heterocycles. The molecule has 2 fully saturated rings. The standard InChI is InChI=1S/C12H11NO3/c14-10-12(6-7-12)16-11(15)13(10)8-9-4-2-1-3-5-9/h1-5H,6-8H2. The van der Waals surface area contributed by atoms with Crippen LogP contribution >= 0.6 is 0 Å². The lowest BCUT2D eigenvalue weighted by Gasteiger charge is -2.10. The van der Waals surface area contributed by atoms with Crippen molar-refractivity contribution >= 4 is 12.0 Å². The molecule has 1 saturated heterocycles. The van der Waals surface area contributed by atoms with Crippen molar-refractivity contribution in [2.24, 2.45) is 0 Å². The number of imide groups is 1. The van der Waals surface area contributed by atoms with Gasteiger partial charge in [0.15, 0.2) is 5.60 Å². The van der Waals surface area contributed by atoms with E-state index in [-0.39, 0.29) is 5.91 Å². The Bertz CT molecular complexity index is 451. The normalized spacial score (nSPS) is 21.4. The molecule has 0 N–H and O–H groups in total. The first-order chi connectivity index (χ1) is 7.71. The number of hydrogen-bond acceptors (Lipinski definition) is 3. The number of carbonyl (C=O) groups is 2. The number of amides is 2. The second-order valence-corrected chi connectivity index (χ2v) is 4.24. The number of hydrogen-bond donors (Lipinski definition) is 0. The second-order valence-electron chi connectivity index (χ2n) is 4.24. The molecular formula is C12H11NO3. The predicted molar refractivity (Wildman–Crippen MR) is 55.4 cm³/mol. The van der Waals surface area contributed by atoms with Crippen molar-refractivity contribution in [3.63, 3.8) is 0 Å². The molecule has 3 rings (SSSR count). The summed E-state index contributed by atoms with van der Waals surface area (Å²) in [5, 5.41) is 0. The molecule has 1 aromatic carbocycles. The molecule has 0 atom stereocenters. The highest BCUT2D eigenvalue weighted by molar-refractivity contribution is 6.04. The van der Waals surface area contributed by atoms with Crippen molar-refractivity contribution in [1.29, 1.82) is 0 Å². The lowest BCUT2D eigenvalue weighted by molar-refractivity contribution is -0.131. The molecule has 2 aliphatic rings. The van der Waals surface area contributed by atoms with Crippen LogP contribution in [0, 0.1) is 0 Å². The van der Waals surface area contributed by atoms with Crippen molar-refractivity contribution < 1.29 is 14.3 Å². The number of nitrogens with zero attached hydrogens (tertiary/aromatic N) is 1. The zero-order chi connectivity index (χ0) is 11.2. The average molecular weight is 217 g/mol. The summed E-state index contributed by atoms with van der Waals surface area (Å²) in [6.07, 6.45) is 0.831. The Kier molecular flexibility index (Phi) is 1.80. The molecule has 1 spiro atoms. The summed E-state index contributed by atoms with van der Waals surface area (Å²) in [5.41, 5.74) is 0.150. The number of ether oxygens (including phenoxy) is 1. The maximum atomic E-state index is 11.9. The molecule has 2 amide bonds. The molecule has 0 bridgehead atoms. The molecule has 16 heavy (non-hydrogen) atoms. The molecular weight excluding hydrogens is 206 g/mol. The van der Waals surface area contributed by atoms with E-state index in [0.717, 1.165) is 5.56 Å². The highest BCUT2D eigenvalue weighted by atomic mass is 16.6. The quantitative estimate of drug-likeness (QED) is 0.757. The van der Waals surface area contributed by atoms with Gasteiger partial charge in [-0.25, -0.2) is 9.69 Å². The molecule has 0 radical (unpaired) electrons. The summed E-state index contributed by atoms with van der Waals surface area (Å²) in [5.74, 6) is -0.179. The zero-order valence-electron chi connectivity index (χ0n) is 8.68. The highest BCUT2D eigenvalue weighted by Crippen LogP contribution is 2.45. The van der Waals surface area contributed by atoms with Crippen LogP contribution in [-0.2, 0) is 16.1 Å². The minimum Gasteiger partial charge on any atom is -0.432 e. The van der Waals surface area contributed by atoms with Crippen LogP contribution < -0.4 is 0 Å². The van der Waals surface area contributed by atoms with Crippen LogP contribution in [0.5, 0.6) is 0 Å². The Morgan fingerprint density at radius 2 is 1.88 bits per heavy atom. The fourth-order valence-corrected chi connectivity index (χ4v) is 1.93. The summed E-state index contributed by atoms with van der Waals surface area (Å²) in [6, 6.07) is 9.44. The van der Waals surface area contributed by atoms with Crippen LogP contribution in [0.25, 0.3) is 0 Å². The van der Waals surface area contributed by atoms with E-state index in [1.54, 1.807) is 0 Å². The van der Waals surface area contributed by atoms with Gasteiger partial charge in [0.05, 0.1) is 6.54 Å². The third kappa shape index (κ3) is 1.30. The maximum Gasteiger partial charge on any atom is 0.418 e. The van der Waals surface area contributed by atoms with Gasteiger partial charge in [-0.3, -0.25) is 4.79 Å². The van der Waals surface area contributed by atoms with Gasteiger partial charge in [-0.1, -0.05) is 30.3 Å². The minimum atomic E-state index is -0.786. The smallest absolute Gasteiger partial charge is 0.418 e. The average Bonchev–Trinajstić information content (AvgIpc) is 3.03. The monoisotopic (exact) mass is 217 g/mol. The Balaban J connectivity index is 1.81. The van der Waals surface area contributed by atoms with Gasteiger partial charge in [0.2, 0.25) is 0 Å². The minimum absolute atomic E-state index is 0.179. The molecule has 1 heterocycles. The van der Waals surface area contributed by atoms with Crippen LogP contribution in [-0.4, -0.2) is 22.5 Å². The molecule has 82 valence electrons. The second kappa shape index (κ2) is 3.07. The van der Waals surface area contributed by atoms with Gasteiger partial charge in [-0.15, -0.1) is 0 Å². The number of benzene rings is 1. The van der Waals surface area contributed by atoms with E-state index in [4.69, 9.17) is 4.74 Å². The molecule has 1 aromatic rings. The lowest BCUT2D eigenvalue weighted by Crippen LogP contribution is -2.31. The SMILES string of the molecule is O=C1OC2(CC2)C(=O)N1Cc1ccccc1. The van der Waals surface area contributed by atoms with Crippen LogP contribution in [0.1, 0.15) is 18.4 Å². The van der Waals surface area contributed by atoms with Gasteiger partial charge in [0.1, 0.15) is 0 Å². The van der Waals surface area contributed by atoms with Gasteiger partial charge in [0, 0.05) is 12.8 Å². The van der Waals surface area contributed by atoms with Crippen molar-refractivity contribution in [1.82, 2.24) is 4.90 Å². The molecule has 4 heteroatoms. The molecule has 1 saturated carbocycles. The Labute approximate surface area is 92.8 Å². The first-order valence-corrected chi connectivity index (χ1v) is 5.30. The van der Waals surface area contributed by atoms with Crippen molar-refractivity contribution in [3.05, 3.63) is 35.9 Å². The summed E-state index contributed by atoms with van der Waals surface area (Å²) < 4.78 is 5.09. The van der Waals surface area contributed by atoms with Crippen LogP contribution in [0.15, 0.2) is 30.3 Å². The number of carbonyl (C=O) groups excluding carboxylic acids is 2. The van der Waals surface area contributed by atoms with Gasteiger partial charge in [-0.05, 0) is 5.56 Å². The van der Waals surface area contributed by atoms with E-state index < -0.39 is 11.7 Å². The third-order valence-corrected chi connectivity index (χ3v) is 3.03. The first-order valence-electron chi connectivity index (χ1n) is 5.30. The molecule has 4 nitrogen and oxygen atoms in total. The van der Waals surface area contributed by atoms with Crippen LogP contribution in [0.2, 0.25) is 0 Å². The van der Waals surface area contributed by atoms with Crippen molar-refractivity contribution in [3.8, 4) is 0 Å². The zero-order valence-corrected chi connectivity index (χ0v) is 8.68. The summed E-state index contributed by atoms with van der Waals surface area (Å²) >= 11 is 0. The lowest BCUT2D eigenvalue weighted by atomic mass is 10.2. The molecule has 1 aliphatic heterocycles. The molecule has 0 unspecified atom stereocenters. The van der Waals surface area contributed by atoms with Gasteiger partial charge < -0.3 is 4.74 Å². The van der Waals surface area contributed by atoms with E-state index in [1.165, 1.54) is 4.90 Å². The summed E-state index contributed by atoms with van der Waals surface area (Å²) in [4.78, 5) is 24.6. The molecule has 1 aliphatic carbocycles. The summed E-state index contributed by atoms with van der Waals surface area (Å²) in [7, 11) is 0. The third-order valence-electron chi connectivity index (χ3n) is 3.03. The number of rotatable bonds is 2. The maximum absolute atomic E-state index is 11.9. The Morgan fingerprint density at radius 1 is 1.19 bits per heavy atom. The van der Waals surface area contributed by atoms with E-state index in [2.05, 4.69) is 0 Å². The fourth-order valence-electron chi connectivity index (χ4n) is 1.93. The van der Waals surface area contributed by atoms with Crippen LogP contribution in [0.3, 0.4) is 0 Å². The van der Waals surface area contributed by atoms with Crippen molar-refractivity contribution in [2.75, 3.05) is 0 Å². The predicted octanol–water partition coefficient (Wildman–Crippen LogP) is 1.70. The van der Waals surface area contributed by atoms with E-state index >= 15 is 0 Å². The summed E-state index contributed by atoms with van der Waals surface area (Å²) in [6.45, 7) is 0.306. The highest BCUT2D eigenvalue weighted by Gasteiger charge is 2.62. The van der Waals surface area contributed by atoms with Crippen molar-refractivity contribution in [2.45, 2.75) is 25.0 Å². The van der Waals surface area contributed by atoms with E-state index in [0.29, 0.717) is 19.4 Å². The van der Waals surface area contributed by atoms with Crippen LogP contribution in [0.4, 0.5) is 4.79 Å². The largest absolute Gasteiger partial charge is 0.432 e. The van der Waals surface area contributed by atoms with Gasteiger partial charge in [-0.2, -0.15) is 0 Å². The topological polar surface area (TPSA) is 46.6 Å².